The molecule has 0 radical (unpaired) electrons. The fourth-order valence-corrected chi connectivity index (χ4v) is 3.34. The third kappa shape index (κ3) is 2.36. The lowest BCUT2D eigenvalue weighted by Crippen LogP contribution is -2.14. The Labute approximate surface area is 129 Å². The van der Waals surface area contributed by atoms with E-state index in [1.165, 1.54) is 16.7 Å². The van der Waals surface area contributed by atoms with E-state index < -0.39 is 0 Å². The summed E-state index contributed by atoms with van der Waals surface area (Å²) >= 11 is 5.88. The van der Waals surface area contributed by atoms with Gasteiger partial charge in [0.15, 0.2) is 5.76 Å². The molecular formula is C17H18ClNO2. The first-order valence-electron chi connectivity index (χ1n) is 7.02. The number of allylic oxidation sites excluding steroid dienone is 5. The molecule has 21 heavy (non-hydrogen) atoms. The maximum absolute atomic E-state index is 5.88. The molecule has 0 bridgehead atoms. The molecule has 0 amide bonds. The zero-order valence-electron chi connectivity index (χ0n) is 12.4. The van der Waals surface area contributed by atoms with Crippen LogP contribution in [-0.4, -0.2) is 19.2 Å². The smallest absolute Gasteiger partial charge is 0.160 e. The monoisotopic (exact) mass is 303 g/mol. The number of rotatable bonds is 3. The van der Waals surface area contributed by atoms with Crippen molar-refractivity contribution >= 4 is 17.2 Å². The van der Waals surface area contributed by atoms with E-state index in [0.29, 0.717) is 11.1 Å². The van der Waals surface area contributed by atoms with Gasteiger partial charge in [-0.25, -0.2) is 4.98 Å². The molecule has 1 aromatic rings. The van der Waals surface area contributed by atoms with Crippen LogP contribution in [0, 0.1) is 5.92 Å². The van der Waals surface area contributed by atoms with Gasteiger partial charge >= 0.3 is 0 Å². The molecule has 1 heterocycles. The van der Waals surface area contributed by atoms with Crippen LogP contribution in [0.3, 0.4) is 0 Å². The summed E-state index contributed by atoms with van der Waals surface area (Å²) in [6.45, 7) is 2.23. The number of ether oxygens (including phenoxy) is 2. The van der Waals surface area contributed by atoms with Gasteiger partial charge in [-0.3, -0.25) is 0 Å². The Morgan fingerprint density at radius 3 is 2.67 bits per heavy atom. The topological polar surface area (TPSA) is 31.4 Å². The van der Waals surface area contributed by atoms with Gasteiger partial charge in [0.25, 0.3) is 0 Å². The average molecular weight is 304 g/mol. The average Bonchev–Trinajstić information content (AvgIpc) is 2.93. The zero-order chi connectivity index (χ0) is 15.0. The highest BCUT2D eigenvalue weighted by Crippen LogP contribution is 2.47. The summed E-state index contributed by atoms with van der Waals surface area (Å²) in [6, 6.07) is 3.85. The van der Waals surface area contributed by atoms with E-state index in [4.69, 9.17) is 21.1 Å². The first-order valence-corrected chi connectivity index (χ1v) is 7.40. The van der Waals surface area contributed by atoms with Crippen LogP contribution in [0.15, 0.2) is 47.1 Å². The molecule has 1 unspecified atom stereocenters. The summed E-state index contributed by atoms with van der Waals surface area (Å²) in [5, 5.41) is 0.516. The van der Waals surface area contributed by atoms with Crippen molar-refractivity contribution in [3.8, 4) is 0 Å². The van der Waals surface area contributed by atoms with Crippen molar-refractivity contribution in [1.82, 2.24) is 4.98 Å². The largest absolute Gasteiger partial charge is 0.497 e. The van der Waals surface area contributed by atoms with Gasteiger partial charge in [-0.2, -0.15) is 0 Å². The summed E-state index contributed by atoms with van der Waals surface area (Å²) in [5.74, 6) is 2.23. The van der Waals surface area contributed by atoms with Gasteiger partial charge in [0.1, 0.15) is 10.9 Å². The van der Waals surface area contributed by atoms with Crippen LogP contribution >= 0.6 is 11.6 Å². The molecule has 0 saturated carbocycles. The number of methoxy groups -OCH3 is 2. The van der Waals surface area contributed by atoms with Crippen molar-refractivity contribution in [2.24, 2.45) is 5.92 Å². The number of aromatic nitrogens is 1. The van der Waals surface area contributed by atoms with E-state index in [9.17, 15) is 0 Å². The van der Waals surface area contributed by atoms with Gasteiger partial charge in [-0.1, -0.05) is 24.6 Å². The highest BCUT2D eigenvalue weighted by molar-refractivity contribution is 6.29. The number of halogens is 1. The lowest BCUT2D eigenvalue weighted by atomic mass is 9.83. The maximum Gasteiger partial charge on any atom is 0.160 e. The van der Waals surface area contributed by atoms with Gasteiger partial charge in [-0.15, -0.1) is 0 Å². The first-order chi connectivity index (χ1) is 10.2. The fourth-order valence-electron chi connectivity index (χ4n) is 3.23. The van der Waals surface area contributed by atoms with Gasteiger partial charge in [0.2, 0.25) is 0 Å². The number of hydrogen-bond donors (Lipinski definition) is 0. The molecule has 0 aliphatic heterocycles. The first kappa shape index (κ1) is 14.2. The molecule has 0 fully saturated rings. The van der Waals surface area contributed by atoms with E-state index in [-0.39, 0.29) is 0 Å². The number of nitrogens with zero attached hydrogens (tertiary/aromatic N) is 1. The van der Waals surface area contributed by atoms with Crippen molar-refractivity contribution < 1.29 is 9.47 Å². The normalized spacial score (nSPS) is 21.3. The second kappa shape index (κ2) is 5.57. The van der Waals surface area contributed by atoms with Gasteiger partial charge in [-0.05, 0) is 35.6 Å². The fraction of sp³-hybridized carbons (Fsp3) is 0.353. The van der Waals surface area contributed by atoms with Crippen molar-refractivity contribution in [3.63, 3.8) is 0 Å². The molecule has 0 spiro atoms. The minimum absolute atomic E-state index is 0.401. The van der Waals surface area contributed by atoms with Gasteiger partial charge in [0.05, 0.1) is 14.2 Å². The van der Waals surface area contributed by atoms with Crippen LogP contribution in [0.4, 0.5) is 0 Å². The lowest BCUT2D eigenvalue weighted by molar-refractivity contribution is 0.206. The van der Waals surface area contributed by atoms with Crippen molar-refractivity contribution in [2.75, 3.05) is 14.2 Å². The van der Waals surface area contributed by atoms with E-state index in [1.807, 2.05) is 18.3 Å². The van der Waals surface area contributed by atoms with Crippen LogP contribution < -0.4 is 0 Å². The molecule has 4 heteroatoms. The van der Waals surface area contributed by atoms with Crippen LogP contribution in [0.2, 0.25) is 5.15 Å². The van der Waals surface area contributed by atoms with E-state index in [1.54, 1.807) is 14.2 Å². The van der Waals surface area contributed by atoms with Crippen LogP contribution in [0.5, 0.6) is 0 Å². The minimum atomic E-state index is 0.401. The second-order valence-electron chi connectivity index (χ2n) is 5.35. The van der Waals surface area contributed by atoms with E-state index in [0.717, 1.165) is 29.9 Å². The van der Waals surface area contributed by atoms with Gasteiger partial charge in [0, 0.05) is 23.8 Å². The molecule has 0 aromatic carbocycles. The quantitative estimate of drug-likeness (QED) is 0.777. The summed E-state index contributed by atoms with van der Waals surface area (Å²) in [4.78, 5) is 4.19. The summed E-state index contributed by atoms with van der Waals surface area (Å²) in [6.07, 6.45) is 5.80. The maximum atomic E-state index is 5.88. The Hall–Kier alpha value is -1.74. The molecular weight excluding hydrogens is 286 g/mol. The Kier molecular flexibility index (Phi) is 3.77. The second-order valence-corrected chi connectivity index (χ2v) is 5.74. The summed E-state index contributed by atoms with van der Waals surface area (Å²) in [7, 11) is 3.41. The molecule has 2 aliphatic carbocycles. The third-order valence-corrected chi connectivity index (χ3v) is 4.35. The number of hydrogen-bond acceptors (Lipinski definition) is 3. The van der Waals surface area contributed by atoms with E-state index >= 15 is 0 Å². The summed E-state index contributed by atoms with van der Waals surface area (Å²) < 4.78 is 11.1. The third-order valence-electron chi connectivity index (χ3n) is 4.13. The highest BCUT2D eigenvalue weighted by atomic mass is 35.5. The van der Waals surface area contributed by atoms with Gasteiger partial charge < -0.3 is 9.47 Å². The molecule has 1 atom stereocenters. The molecule has 3 rings (SSSR count). The molecule has 0 N–H and O–H groups in total. The SMILES string of the molecule is COC1=C(OC)C2=C(C(c3ccc(Cl)nc3)=CC2)C(C)C1. The predicted molar refractivity (Wildman–Crippen MR) is 83.7 cm³/mol. The Balaban J connectivity index is 2.06. The van der Waals surface area contributed by atoms with E-state index in [2.05, 4.69) is 18.0 Å². The Morgan fingerprint density at radius 1 is 1.24 bits per heavy atom. The standard InChI is InChI=1S/C17H18ClNO2/c1-10-8-14(20-2)17(21-3)13-6-5-12(16(10)13)11-4-7-15(18)19-9-11/h4-5,7,9-10H,6,8H2,1-3H3. The molecule has 110 valence electrons. The predicted octanol–water partition coefficient (Wildman–Crippen LogP) is 4.36. The lowest BCUT2D eigenvalue weighted by Gasteiger charge is -2.27. The molecule has 3 nitrogen and oxygen atoms in total. The highest BCUT2D eigenvalue weighted by Gasteiger charge is 2.33. The van der Waals surface area contributed by atoms with Crippen LogP contribution in [0.1, 0.15) is 25.3 Å². The molecule has 0 saturated heterocycles. The van der Waals surface area contributed by atoms with Crippen LogP contribution in [0.25, 0.3) is 5.57 Å². The minimum Gasteiger partial charge on any atom is -0.497 e. The molecule has 2 aliphatic rings. The Morgan fingerprint density at radius 2 is 2.05 bits per heavy atom. The van der Waals surface area contributed by atoms with Crippen molar-refractivity contribution in [1.29, 1.82) is 0 Å². The molecule has 1 aromatic heterocycles. The zero-order valence-corrected chi connectivity index (χ0v) is 13.2. The van der Waals surface area contributed by atoms with Crippen molar-refractivity contribution in [3.05, 3.63) is 57.8 Å². The van der Waals surface area contributed by atoms with Crippen LogP contribution in [-0.2, 0) is 9.47 Å². The summed E-state index contributed by atoms with van der Waals surface area (Å²) in [5.41, 5.74) is 4.92. The van der Waals surface area contributed by atoms with Crippen molar-refractivity contribution in [2.45, 2.75) is 19.8 Å². The Bertz CT molecular complexity index is 656. The number of pyridine rings is 1.